The molecule has 0 unspecified atom stereocenters. The van der Waals surface area contributed by atoms with Gasteiger partial charge in [0.15, 0.2) is 0 Å². The summed E-state index contributed by atoms with van der Waals surface area (Å²) in [4.78, 5) is 0.308. The third kappa shape index (κ3) is 7.36. The van der Waals surface area contributed by atoms with Crippen molar-refractivity contribution in [1.29, 1.82) is 0 Å². The van der Waals surface area contributed by atoms with Gasteiger partial charge in [-0.25, -0.2) is 8.42 Å². The molecule has 0 aromatic heterocycles. The van der Waals surface area contributed by atoms with E-state index in [2.05, 4.69) is 18.6 Å². The number of nitrogens with zero attached hydrogens (tertiary/aromatic N) is 1. The van der Waals surface area contributed by atoms with Crippen LogP contribution in [-0.2, 0) is 30.1 Å². The normalized spacial score (nSPS) is 13.3. The van der Waals surface area contributed by atoms with E-state index in [0.29, 0.717) is 10.5 Å². The van der Waals surface area contributed by atoms with Crippen molar-refractivity contribution in [2.75, 3.05) is 0 Å². The first-order valence-corrected chi connectivity index (χ1v) is 13.4. The van der Waals surface area contributed by atoms with E-state index in [1.165, 1.54) is 0 Å². The molecule has 0 aliphatic carbocycles. The van der Waals surface area contributed by atoms with Gasteiger partial charge < -0.3 is 17.9 Å². The van der Waals surface area contributed by atoms with Crippen molar-refractivity contribution in [2.45, 2.75) is 76.3 Å². The molecule has 0 fully saturated rings. The van der Waals surface area contributed by atoms with Crippen LogP contribution in [0.4, 0.5) is 0 Å². The van der Waals surface area contributed by atoms with Gasteiger partial charge in [0.25, 0.3) is 0 Å². The van der Waals surface area contributed by atoms with Gasteiger partial charge in [-0.2, -0.15) is 0 Å². The Morgan fingerprint density at radius 3 is 1.47 bits per heavy atom. The minimum Gasteiger partial charge on any atom is -0.672 e. The van der Waals surface area contributed by atoms with Gasteiger partial charge in [0.1, 0.15) is 10.0 Å². The minimum atomic E-state index is -4.05. The molecule has 0 saturated heterocycles. The third-order valence-corrected chi connectivity index (χ3v) is 7.70. The molecule has 0 aliphatic rings. The van der Waals surface area contributed by atoms with Crippen LogP contribution in [0.15, 0.2) is 77.7 Å². The van der Waals surface area contributed by atoms with Crippen molar-refractivity contribution in [3.05, 3.63) is 118 Å². The number of rotatable bonds is 9. The zero-order valence-corrected chi connectivity index (χ0v) is 25.5. The van der Waals surface area contributed by atoms with Crippen molar-refractivity contribution in [2.24, 2.45) is 0 Å². The number of hydrogen-bond donors (Lipinski definition) is 0. The van der Waals surface area contributed by atoms with Crippen molar-refractivity contribution >= 4 is 10.0 Å². The molecule has 0 amide bonds. The summed E-state index contributed by atoms with van der Waals surface area (Å²) in [6, 6.07) is 21.0. The van der Waals surface area contributed by atoms with Crippen molar-refractivity contribution < 1.29 is 28.5 Å². The van der Waals surface area contributed by atoms with Crippen molar-refractivity contribution in [3.63, 3.8) is 0 Å². The van der Waals surface area contributed by atoms with Gasteiger partial charge >= 0.3 is 20.1 Å². The largest absolute Gasteiger partial charge is 3.00 e. The fraction of sp³-hybridized carbons (Fsp3) is 0.367. The molecule has 6 heteroatoms. The van der Waals surface area contributed by atoms with Gasteiger partial charge in [-0.05, 0) is 34.4 Å². The number of hydrogen-bond acceptors (Lipinski definition) is 2. The molecule has 0 aliphatic heterocycles. The molecule has 0 radical (unpaired) electrons. The van der Waals surface area contributed by atoms with Crippen LogP contribution in [-0.4, -0.2) is 8.42 Å². The van der Waals surface area contributed by atoms with Crippen LogP contribution < -0.4 is 0 Å². The zero-order chi connectivity index (χ0) is 25.0. The maximum absolute atomic E-state index is 14.0. The molecule has 2 atom stereocenters. The molecule has 0 saturated carbocycles. The summed E-state index contributed by atoms with van der Waals surface area (Å²) in [5, 5.41) is 0. The quantitative estimate of drug-likeness (QED) is 0.211. The first-order chi connectivity index (χ1) is 16.0. The van der Waals surface area contributed by atoms with Crippen LogP contribution in [0.25, 0.3) is 10.5 Å². The number of sulfonamides is 1. The van der Waals surface area contributed by atoms with Crippen LogP contribution in [0.5, 0.6) is 0 Å². The maximum Gasteiger partial charge on any atom is 3.00 e. The standard InChI is InChI=1S/C29H36N2O2S.CH3.Ir/c1-19(2)24-17-25(20(3)4)29(26(18-24)21(5)6)34(32,33)31-28(23-15-11-8-12-16-23)27(30)22-13-9-7-10-14-22;;/h7-21,27-28,30H,1-6H3;1H3;/q-2;-1;+3/t27-,28-;;/m1../s1. The smallest absolute Gasteiger partial charge is 0.672 e. The van der Waals surface area contributed by atoms with E-state index in [-0.39, 0.29) is 45.3 Å². The van der Waals surface area contributed by atoms with E-state index in [1.54, 1.807) is 0 Å². The second-order valence-electron chi connectivity index (χ2n) is 9.82. The van der Waals surface area contributed by atoms with Gasteiger partial charge in [0.05, 0.1) is 4.90 Å². The molecule has 4 nitrogen and oxygen atoms in total. The molecular formula is C30H39IrN2O2S. The van der Waals surface area contributed by atoms with E-state index >= 15 is 0 Å². The average Bonchev–Trinajstić information content (AvgIpc) is 2.82. The van der Waals surface area contributed by atoms with Gasteiger partial charge in [-0.15, -0.1) is 12.1 Å². The molecule has 0 heterocycles. The Bertz CT molecular complexity index is 1170. The van der Waals surface area contributed by atoms with E-state index in [9.17, 15) is 8.42 Å². The fourth-order valence-electron chi connectivity index (χ4n) is 4.20. The first kappa shape index (κ1) is 32.2. The van der Waals surface area contributed by atoms with Crippen LogP contribution in [0.1, 0.15) is 99.2 Å². The molecule has 36 heavy (non-hydrogen) atoms. The Balaban J connectivity index is 0.00000324. The predicted octanol–water partition coefficient (Wildman–Crippen LogP) is 9.10. The molecule has 3 rings (SSSR count). The van der Waals surface area contributed by atoms with E-state index in [1.807, 2.05) is 100 Å². The monoisotopic (exact) mass is 684 g/mol. The van der Waals surface area contributed by atoms with Crippen molar-refractivity contribution in [1.82, 2.24) is 0 Å². The Labute approximate surface area is 232 Å². The molecule has 0 spiro atoms. The minimum absolute atomic E-state index is 0. The molecular weight excluding hydrogens is 645 g/mol. The number of benzene rings is 3. The molecule has 3 aromatic rings. The summed E-state index contributed by atoms with van der Waals surface area (Å²) in [5.74, 6) is 0.330. The Kier molecular flexibility index (Phi) is 12.2. The maximum atomic E-state index is 14.0. The SMILES string of the molecule is CC(C)c1cc(C(C)C)c(S(=O)(=O)[N-][C@H](c2ccccc2)[C@H]([NH-])c2ccccc2)c(C(C)C)c1.[CH3-].[Ir+3]. The van der Waals surface area contributed by atoms with Gasteiger partial charge in [0, 0.05) is 0 Å². The summed E-state index contributed by atoms with van der Waals surface area (Å²) >= 11 is 0. The first-order valence-electron chi connectivity index (χ1n) is 12.0. The van der Waals surface area contributed by atoms with Crippen LogP contribution in [0.3, 0.4) is 0 Å². The Morgan fingerprint density at radius 1 is 0.667 bits per heavy atom. The Hall–Kier alpha value is -1.82. The molecule has 0 bridgehead atoms. The zero-order valence-electron chi connectivity index (χ0n) is 22.3. The summed E-state index contributed by atoms with van der Waals surface area (Å²) in [5.41, 5.74) is 13.1. The second kappa shape index (κ2) is 13.6. The van der Waals surface area contributed by atoms with Gasteiger partial charge in [-0.1, -0.05) is 125 Å². The fourth-order valence-corrected chi connectivity index (χ4v) is 6.03. The summed E-state index contributed by atoms with van der Waals surface area (Å²) in [7, 11) is -4.05. The van der Waals surface area contributed by atoms with E-state index in [0.717, 1.165) is 22.3 Å². The summed E-state index contributed by atoms with van der Waals surface area (Å²) < 4.78 is 32.5. The molecule has 1 N–H and O–H groups in total. The van der Waals surface area contributed by atoms with Crippen LogP contribution in [0, 0.1) is 7.43 Å². The van der Waals surface area contributed by atoms with Gasteiger partial charge in [-0.3, -0.25) is 0 Å². The molecule has 196 valence electrons. The summed E-state index contributed by atoms with van der Waals surface area (Å²) in [6.07, 6.45) is 0. The Morgan fingerprint density at radius 2 is 1.08 bits per heavy atom. The predicted molar refractivity (Wildman–Crippen MR) is 148 cm³/mol. The van der Waals surface area contributed by atoms with Crippen molar-refractivity contribution in [3.8, 4) is 0 Å². The van der Waals surface area contributed by atoms with E-state index < -0.39 is 22.1 Å². The number of nitrogens with one attached hydrogen (secondary N) is 1. The third-order valence-electron chi connectivity index (χ3n) is 6.21. The topological polar surface area (TPSA) is 72.0 Å². The van der Waals surface area contributed by atoms with E-state index in [4.69, 9.17) is 5.73 Å². The second-order valence-corrected chi connectivity index (χ2v) is 11.4. The molecule has 3 aromatic carbocycles. The average molecular weight is 684 g/mol. The van der Waals surface area contributed by atoms with Gasteiger partial charge in [0.2, 0.25) is 0 Å². The van der Waals surface area contributed by atoms with Crippen LogP contribution >= 0.6 is 0 Å². The summed E-state index contributed by atoms with van der Waals surface area (Å²) in [6.45, 7) is 12.3. The van der Waals surface area contributed by atoms with Crippen LogP contribution in [0.2, 0.25) is 0 Å².